The first kappa shape index (κ1) is 14.6. The van der Waals surface area contributed by atoms with Crippen LogP contribution < -0.4 is 10.1 Å². The van der Waals surface area contributed by atoms with Crippen molar-refractivity contribution in [3.05, 3.63) is 52.6 Å². The Kier molecular flexibility index (Phi) is 4.45. The second-order valence-corrected chi connectivity index (χ2v) is 4.96. The lowest BCUT2D eigenvalue weighted by Crippen LogP contribution is -2.09. The van der Waals surface area contributed by atoms with E-state index in [9.17, 15) is 4.39 Å². The Balaban J connectivity index is 2.23. The van der Waals surface area contributed by atoms with Crippen molar-refractivity contribution in [3.8, 4) is 5.75 Å². The fourth-order valence-electron chi connectivity index (χ4n) is 1.95. The number of hydrogen-bond acceptors (Lipinski definition) is 3. The van der Waals surface area contributed by atoms with E-state index >= 15 is 0 Å². The number of nitrogens with one attached hydrogen (secondary N) is 1. The third kappa shape index (κ3) is 3.20. The lowest BCUT2D eigenvalue weighted by atomic mass is 10.1. The van der Waals surface area contributed by atoms with Crippen molar-refractivity contribution in [2.45, 2.75) is 19.9 Å². The summed E-state index contributed by atoms with van der Waals surface area (Å²) in [5.41, 5.74) is 2.22. The number of rotatable bonds is 4. The van der Waals surface area contributed by atoms with E-state index in [1.807, 2.05) is 19.9 Å². The number of pyridine rings is 1. The van der Waals surface area contributed by atoms with Gasteiger partial charge in [-0.2, -0.15) is 0 Å². The quantitative estimate of drug-likeness (QED) is 0.851. The molecule has 0 spiro atoms. The van der Waals surface area contributed by atoms with Crippen LogP contribution in [0.15, 0.2) is 30.5 Å². The second-order valence-electron chi connectivity index (χ2n) is 4.60. The van der Waals surface area contributed by atoms with Crippen molar-refractivity contribution in [3.63, 3.8) is 0 Å². The predicted octanol–water partition coefficient (Wildman–Crippen LogP) is 4.36. The van der Waals surface area contributed by atoms with Gasteiger partial charge in [0.2, 0.25) is 0 Å². The van der Waals surface area contributed by atoms with E-state index in [0.717, 1.165) is 5.56 Å². The largest absolute Gasteiger partial charge is 0.497 e. The molecule has 20 heavy (non-hydrogen) atoms. The van der Waals surface area contributed by atoms with Crippen LogP contribution in [0.4, 0.5) is 10.1 Å². The normalized spacial score (nSPS) is 12.1. The van der Waals surface area contributed by atoms with Gasteiger partial charge in [-0.25, -0.2) is 9.37 Å². The topological polar surface area (TPSA) is 34.1 Å². The summed E-state index contributed by atoms with van der Waals surface area (Å²) in [5.74, 6) is 0.176. The zero-order valence-electron chi connectivity index (χ0n) is 11.6. The molecular formula is C15H16ClFN2O. The number of hydrogen-bond donors (Lipinski definition) is 1. The van der Waals surface area contributed by atoms with Gasteiger partial charge in [0.25, 0.3) is 0 Å². The van der Waals surface area contributed by atoms with Crippen LogP contribution in [-0.4, -0.2) is 12.1 Å². The predicted molar refractivity (Wildman–Crippen MR) is 79.0 cm³/mol. The number of aromatic nitrogens is 1. The zero-order chi connectivity index (χ0) is 14.7. The molecule has 1 aromatic carbocycles. The van der Waals surface area contributed by atoms with E-state index in [-0.39, 0.29) is 11.9 Å². The first-order valence-corrected chi connectivity index (χ1v) is 6.61. The fourth-order valence-corrected chi connectivity index (χ4v) is 2.11. The van der Waals surface area contributed by atoms with Crippen molar-refractivity contribution < 1.29 is 9.13 Å². The lowest BCUT2D eigenvalue weighted by Gasteiger charge is -2.17. The molecule has 0 aliphatic carbocycles. The van der Waals surface area contributed by atoms with Gasteiger partial charge < -0.3 is 10.1 Å². The SMILES string of the molecule is COc1ccc(C(C)Nc2cc(C)cnc2Cl)c(F)c1. The van der Waals surface area contributed by atoms with Gasteiger partial charge in [0, 0.05) is 17.8 Å². The highest BCUT2D eigenvalue weighted by Crippen LogP contribution is 2.28. The van der Waals surface area contributed by atoms with Gasteiger partial charge in [-0.1, -0.05) is 17.7 Å². The van der Waals surface area contributed by atoms with Crippen molar-refractivity contribution >= 4 is 17.3 Å². The van der Waals surface area contributed by atoms with E-state index in [1.54, 1.807) is 18.3 Å². The van der Waals surface area contributed by atoms with Gasteiger partial charge in [0.1, 0.15) is 11.6 Å². The minimum Gasteiger partial charge on any atom is -0.497 e. The molecule has 1 N–H and O–H groups in total. The van der Waals surface area contributed by atoms with Crippen molar-refractivity contribution in [1.82, 2.24) is 4.98 Å². The number of ether oxygens (including phenoxy) is 1. The molecule has 2 aromatic rings. The second kappa shape index (κ2) is 6.09. The molecule has 1 unspecified atom stereocenters. The summed E-state index contributed by atoms with van der Waals surface area (Å²) >= 11 is 6.03. The standard InChI is InChI=1S/C15H16ClFN2O/c1-9-6-14(15(16)18-8-9)19-10(2)12-5-4-11(20-3)7-13(12)17/h4-8,10,19H,1-3H3. The number of aryl methyl sites for hydroxylation is 1. The Morgan fingerprint density at radius 1 is 1.35 bits per heavy atom. The average Bonchev–Trinajstić information content (AvgIpc) is 2.42. The maximum absolute atomic E-state index is 14.0. The van der Waals surface area contributed by atoms with Crippen molar-refractivity contribution in [1.29, 1.82) is 0 Å². The van der Waals surface area contributed by atoms with Gasteiger partial charge in [0.05, 0.1) is 18.8 Å². The van der Waals surface area contributed by atoms with E-state index in [0.29, 0.717) is 22.2 Å². The first-order chi connectivity index (χ1) is 9.51. The summed E-state index contributed by atoms with van der Waals surface area (Å²) in [6.07, 6.45) is 1.69. The van der Waals surface area contributed by atoms with Crippen LogP contribution in [0.1, 0.15) is 24.1 Å². The molecule has 0 aliphatic heterocycles. The Labute approximate surface area is 122 Å². The van der Waals surface area contributed by atoms with Crippen LogP contribution in [0.2, 0.25) is 5.15 Å². The maximum Gasteiger partial charge on any atom is 0.152 e. The molecule has 1 aromatic heterocycles. The minimum atomic E-state index is -0.318. The van der Waals surface area contributed by atoms with E-state index in [2.05, 4.69) is 10.3 Å². The number of halogens is 2. The molecule has 0 radical (unpaired) electrons. The third-order valence-electron chi connectivity index (χ3n) is 3.02. The van der Waals surface area contributed by atoms with Gasteiger partial charge >= 0.3 is 0 Å². The highest BCUT2D eigenvalue weighted by Gasteiger charge is 2.13. The highest BCUT2D eigenvalue weighted by molar-refractivity contribution is 6.31. The molecule has 106 valence electrons. The summed E-state index contributed by atoms with van der Waals surface area (Å²) in [6, 6.07) is 6.44. The summed E-state index contributed by atoms with van der Waals surface area (Å²) in [7, 11) is 1.51. The van der Waals surface area contributed by atoms with E-state index < -0.39 is 0 Å². The summed E-state index contributed by atoms with van der Waals surface area (Å²) in [4.78, 5) is 4.06. The molecule has 0 bridgehead atoms. The third-order valence-corrected chi connectivity index (χ3v) is 3.32. The van der Waals surface area contributed by atoms with Gasteiger partial charge in [0.15, 0.2) is 5.15 Å². The summed E-state index contributed by atoms with van der Waals surface area (Å²) in [5, 5.41) is 3.54. The molecule has 0 saturated heterocycles. The monoisotopic (exact) mass is 294 g/mol. The van der Waals surface area contributed by atoms with Crippen LogP contribution in [0, 0.1) is 12.7 Å². The van der Waals surface area contributed by atoms with E-state index in [4.69, 9.17) is 16.3 Å². The molecule has 0 fully saturated rings. The summed E-state index contributed by atoms with van der Waals surface area (Å²) < 4.78 is 19.0. The van der Waals surface area contributed by atoms with Crippen LogP contribution in [0.25, 0.3) is 0 Å². The minimum absolute atomic E-state index is 0.234. The van der Waals surface area contributed by atoms with Crippen LogP contribution >= 0.6 is 11.6 Å². The Morgan fingerprint density at radius 3 is 2.75 bits per heavy atom. The van der Waals surface area contributed by atoms with Crippen LogP contribution in [0.5, 0.6) is 5.75 Å². The molecule has 0 amide bonds. The number of nitrogens with zero attached hydrogens (tertiary/aromatic N) is 1. The molecule has 1 atom stereocenters. The molecular weight excluding hydrogens is 279 g/mol. The highest BCUT2D eigenvalue weighted by atomic mass is 35.5. The van der Waals surface area contributed by atoms with Gasteiger partial charge in [-0.3, -0.25) is 0 Å². The van der Waals surface area contributed by atoms with Crippen molar-refractivity contribution in [2.75, 3.05) is 12.4 Å². The molecule has 1 heterocycles. The Bertz CT molecular complexity index is 619. The number of anilines is 1. The molecule has 3 nitrogen and oxygen atoms in total. The smallest absolute Gasteiger partial charge is 0.152 e. The first-order valence-electron chi connectivity index (χ1n) is 6.23. The molecule has 5 heteroatoms. The zero-order valence-corrected chi connectivity index (χ0v) is 12.3. The van der Waals surface area contributed by atoms with Crippen molar-refractivity contribution in [2.24, 2.45) is 0 Å². The molecule has 2 rings (SSSR count). The number of benzene rings is 1. The van der Waals surface area contributed by atoms with Crippen LogP contribution in [-0.2, 0) is 0 Å². The van der Waals surface area contributed by atoms with Gasteiger partial charge in [-0.05, 0) is 31.5 Å². The number of methoxy groups -OCH3 is 1. The molecule has 0 saturated carbocycles. The Hall–Kier alpha value is -1.81. The van der Waals surface area contributed by atoms with E-state index in [1.165, 1.54) is 13.2 Å². The van der Waals surface area contributed by atoms with Gasteiger partial charge in [-0.15, -0.1) is 0 Å². The lowest BCUT2D eigenvalue weighted by molar-refractivity contribution is 0.410. The molecule has 0 aliphatic rings. The maximum atomic E-state index is 14.0. The average molecular weight is 295 g/mol. The van der Waals surface area contributed by atoms with Crippen LogP contribution in [0.3, 0.4) is 0 Å². The summed E-state index contributed by atoms with van der Waals surface area (Å²) in [6.45, 7) is 3.79. The Morgan fingerprint density at radius 2 is 2.10 bits per heavy atom. The fraction of sp³-hybridized carbons (Fsp3) is 0.267.